The summed E-state index contributed by atoms with van der Waals surface area (Å²) in [4.78, 5) is 40.6. The fourth-order valence-electron chi connectivity index (χ4n) is 2.02. The van der Waals surface area contributed by atoms with Crippen LogP contribution >= 0.6 is 0 Å². The minimum Gasteiger partial charge on any atom is -0.376 e. The minimum absolute atomic E-state index is 0.0437. The van der Waals surface area contributed by atoms with E-state index in [-0.39, 0.29) is 24.3 Å². The van der Waals surface area contributed by atoms with Gasteiger partial charge < -0.3 is 14.3 Å². The number of nitrogens with zero attached hydrogens (tertiary/aromatic N) is 1. The van der Waals surface area contributed by atoms with Crippen molar-refractivity contribution < 1.29 is 28.7 Å². The van der Waals surface area contributed by atoms with E-state index in [4.69, 9.17) is 14.3 Å². The van der Waals surface area contributed by atoms with Gasteiger partial charge in [-0.05, 0) is 12.1 Å². The topological polar surface area (TPSA) is 82.1 Å². The number of hydrogen-bond acceptors (Lipinski definition) is 6. The largest absolute Gasteiger partial charge is 0.376 e. The first kappa shape index (κ1) is 12.8. The summed E-state index contributed by atoms with van der Waals surface area (Å²) in [6.07, 6.45) is -0.923. The van der Waals surface area contributed by atoms with Gasteiger partial charge in [-0.3, -0.25) is 9.59 Å². The molecule has 0 aliphatic carbocycles. The Labute approximate surface area is 114 Å². The van der Waals surface area contributed by atoms with Crippen molar-refractivity contribution in [2.75, 3.05) is 19.8 Å². The normalized spacial score (nSPS) is 21.8. The number of carbonyl (C=O) groups is 3. The van der Waals surface area contributed by atoms with Crippen LogP contribution < -0.4 is 0 Å². The smallest absolute Gasteiger partial charge is 0.364 e. The quantitative estimate of drug-likeness (QED) is 0.716. The molecule has 0 saturated carbocycles. The number of amides is 2. The van der Waals surface area contributed by atoms with Crippen LogP contribution in [-0.4, -0.2) is 48.8 Å². The lowest BCUT2D eigenvalue weighted by atomic mass is 10.1. The van der Waals surface area contributed by atoms with Gasteiger partial charge in [-0.2, -0.15) is 0 Å². The highest BCUT2D eigenvalue weighted by Crippen LogP contribution is 2.23. The number of hydroxylamine groups is 2. The molecule has 1 saturated heterocycles. The third-order valence-corrected chi connectivity index (χ3v) is 3.02. The molecule has 2 amide bonds. The van der Waals surface area contributed by atoms with Crippen LogP contribution in [0.3, 0.4) is 0 Å². The summed E-state index contributed by atoms with van der Waals surface area (Å²) in [5.41, 5.74) is 0.428. The maximum atomic E-state index is 12.0. The first-order valence-corrected chi connectivity index (χ1v) is 6.07. The van der Waals surface area contributed by atoms with Crippen LogP contribution in [-0.2, 0) is 19.1 Å². The van der Waals surface area contributed by atoms with Gasteiger partial charge in [-0.25, -0.2) is 4.79 Å². The minimum atomic E-state index is -0.923. The molecule has 20 heavy (non-hydrogen) atoms. The lowest BCUT2D eigenvalue weighted by Gasteiger charge is -2.22. The van der Waals surface area contributed by atoms with Crippen LogP contribution in [0.5, 0.6) is 0 Å². The Balaban J connectivity index is 1.74. The average Bonchev–Trinajstić information content (AvgIpc) is 2.74. The van der Waals surface area contributed by atoms with E-state index in [0.29, 0.717) is 11.7 Å². The molecule has 1 atom stereocenters. The Morgan fingerprint density at radius 1 is 1.15 bits per heavy atom. The molecule has 1 aromatic carbocycles. The van der Waals surface area contributed by atoms with E-state index in [1.165, 1.54) is 12.1 Å². The second kappa shape index (κ2) is 5.03. The molecule has 7 nitrogen and oxygen atoms in total. The van der Waals surface area contributed by atoms with Gasteiger partial charge in [0.1, 0.15) is 0 Å². The molecule has 7 heteroatoms. The third-order valence-electron chi connectivity index (χ3n) is 3.02. The van der Waals surface area contributed by atoms with Crippen LogP contribution in [0.15, 0.2) is 24.3 Å². The molecule has 3 rings (SSSR count). The Hall–Kier alpha value is -2.25. The molecule has 0 bridgehead atoms. The van der Waals surface area contributed by atoms with Crippen molar-refractivity contribution in [3.8, 4) is 0 Å². The number of fused-ring (bicyclic) bond motifs is 1. The van der Waals surface area contributed by atoms with Crippen molar-refractivity contribution in [3.05, 3.63) is 35.4 Å². The van der Waals surface area contributed by atoms with Gasteiger partial charge in [0.2, 0.25) is 0 Å². The molecule has 2 aliphatic heterocycles. The number of rotatable bonds is 2. The molecule has 0 aromatic heterocycles. The SMILES string of the molecule is O=C(ON1C(=O)c2ccccc2C1=O)C1COCCO1. The standard InChI is InChI=1S/C13H11NO6/c15-11-8-3-1-2-4-9(8)12(16)14(11)20-13(17)10-7-18-5-6-19-10/h1-4,10H,5-7H2. The Morgan fingerprint density at radius 3 is 2.35 bits per heavy atom. The highest BCUT2D eigenvalue weighted by atomic mass is 16.7. The lowest BCUT2D eigenvalue weighted by molar-refractivity contribution is -0.193. The summed E-state index contributed by atoms with van der Waals surface area (Å²) in [6, 6.07) is 6.27. The van der Waals surface area contributed by atoms with Gasteiger partial charge in [0.05, 0.1) is 30.9 Å². The second-order valence-electron chi connectivity index (χ2n) is 4.29. The first-order valence-electron chi connectivity index (χ1n) is 6.07. The average molecular weight is 277 g/mol. The monoisotopic (exact) mass is 277 g/mol. The van der Waals surface area contributed by atoms with E-state index >= 15 is 0 Å². The zero-order valence-corrected chi connectivity index (χ0v) is 10.4. The number of imide groups is 1. The molecule has 0 N–H and O–H groups in total. The van der Waals surface area contributed by atoms with Crippen molar-refractivity contribution in [1.29, 1.82) is 0 Å². The number of hydrogen-bond donors (Lipinski definition) is 0. The van der Waals surface area contributed by atoms with E-state index in [9.17, 15) is 14.4 Å². The maximum Gasteiger partial charge on any atom is 0.364 e. The van der Waals surface area contributed by atoms with Crippen LogP contribution in [0.2, 0.25) is 0 Å². The highest BCUT2D eigenvalue weighted by Gasteiger charge is 2.40. The summed E-state index contributed by atoms with van der Waals surface area (Å²) in [7, 11) is 0. The Morgan fingerprint density at radius 2 is 1.80 bits per heavy atom. The van der Waals surface area contributed by atoms with E-state index in [1.54, 1.807) is 12.1 Å². The number of ether oxygens (including phenoxy) is 2. The van der Waals surface area contributed by atoms with E-state index in [0.717, 1.165) is 0 Å². The molecule has 2 aliphatic rings. The molecular formula is C13H11NO6. The molecule has 104 valence electrons. The summed E-state index contributed by atoms with van der Waals surface area (Å²) >= 11 is 0. The second-order valence-corrected chi connectivity index (χ2v) is 4.29. The van der Waals surface area contributed by atoms with Gasteiger partial charge in [-0.15, -0.1) is 0 Å². The fraction of sp³-hybridized carbons (Fsp3) is 0.308. The molecule has 0 radical (unpaired) electrons. The predicted molar refractivity (Wildman–Crippen MR) is 63.6 cm³/mol. The van der Waals surface area contributed by atoms with Crippen molar-refractivity contribution in [2.45, 2.75) is 6.10 Å². The Bertz CT molecular complexity index is 543. The van der Waals surface area contributed by atoms with E-state index in [2.05, 4.69) is 0 Å². The first-order chi connectivity index (χ1) is 9.68. The molecule has 0 spiro atoms. The zero-order chi connectivity index (χ0) is 14.1. The van der Waals surface area contributed by atoms with Crippen LogP contribution in [0, 0.1) is 0 Å². The van der Waals surface area contributed by atoms with Crippen LogP contribution in [0.4, 0.5) is 0 Å². The van der Waals surface area contributed by atoms with Crippen LogP contribution in [0.25, 0.3) is 0 Å². The lowest BCUT2D eigenvalue weighted by Crippen LogP contribution is -2.42. The van der Waals surface area contributed by atoms with Gasteiger partial charge in [-0.1, -0.05) is 17.2 Å². The van der Waals surface area contributed by atoms with Gasteiger partial charge in [0, 0.05) is 0 Å². The van der Waals surface area contributed by atoms with Crippen molar-refractivity contribution in [3.63, 3.8) is 0 Å². The molecule has 1 fully saturated rings. The third kappa shape index (κ3) is 2.06. The number of benzene rings is 1. The number of carbonyl (C=O) groups excluding carboxylic acids is 3. The fourth-order valence-corrected chi connectivity index (χ4v) is 2.02. The van der Waals surface area contributed by atoms with Crippen molar-refractivity contribution in [2.24, 2.45) is 0 Å². The maximum absolute atomic E-state index is 12.0. The zero-order valence-electron chi connectivity index (χ0n) is 10.4. The predicted octanol–water partition coefficient (Wildman–Crippen LogP) is 0.156. The van der Waals surface area contributed by atoms with Crippen LogP contribution in [0.1, 0.15) is 20.7 Å². The summed E-state index contributed by atoms with van der Waals surface area (Å²) in [6.45, 7) is 0.709. The van der Waals surface area contributed by atoms with E-state index < -0.39 is 23.9 Å². The Kier molecular flexibility index (Phi) is 3.21. The molecular weight excluding hydrogens is 266 g/mol. The summed E-state index contributed by atoms with van der Waals surface area (Å²) in [5.74, 6) is -2.13. The van der Waals surface area contributed by atoms with Gasteiger partial charge in [0.25, 0.3) is 11.8 Å². The van der Waals surface area contributed by atoms with Gasteiger partial charge in [0.15, 0.2) is 6.10 Å². The van der Waals surface area contributed by atoms with Gasteiger partial charge >= 0.3 is 5.97 Å². The van der Waals surface area contributed by atoms with E-state index in [1.807, 2.05) is 0 Å². The van der Waals surface area contributed by atoms with Crippen molar-refractivity contribution in [1.82, 2.24) is 5.06 Å². The molecule has 1 unspecified atom stereocenters. The summed E-state index contributed by atoms with van der Waals surface area (Å²) in [5, 5.41) is 0.463. The molecule has 1 aromatic rings. The highest BCUT2D eigenvalue weighted by molar-refractivity contribution is 6.20. The molecule has 2 heterocycles. The van der Waals surface area contributed by atoms with Crippen molar-refractivity contribution >= 4 is 17.8 Å². The summed E-state index contributed by atoms with van der Waals surface area (Å²) < 4.78 is 10.2.